The van der Waals surface area contributed by atoms with Crippen molar-refractivity contribution in [2.75, 3.05) is 26.2 Å². The van der Waals surface area contributed by atoms with E-state index in [4.69, 9.17) is 4.74 Å². The average molecular weight is 337 g/mol. The summed E-state index contributed by atoms with van der Waals surface area (Å²) in [6, 6.07) is 2.91. The summed E-state index contributed by atoms with van der Waals surface area (Å²) < 4.78 is 22.2. The van der Waals surface area contributed by atoms with E-state index in [0.29, 0.717) is 30.0 Å². The fourth-order valence-electron chi connectivity index (χ4n) is 2.43. The molecule has 2 rings (SSSR count). The third-order valence-electron chi connectivity index (χ3n) is 4.02. The fraction of sp³-hybridized carbons (Fsp3) is 0.562. The average Bonchev–Trinajstić information content (AvgIpc) is 2.91. The predicted molar refractivity (Wildman–Crippen MR) is 89.2 cm³/mol. The van der Waals surface area contributed by atoms with E-state index in [1.807, 2.05) is 6.92 Å². The Hall–Kier alpha value is -2.22. The molecule has 0 spiro atoms. The van der Waals surface area contributed by atoms with Crippen molar-refractivity contribution in [2.45, 2.75) is 27.2 Å². The van der Waals surface area contributed by atoms with Gasteiger partial charge in [0.15, 0.2) is 0 Å². The number of rotatable bonds is 8. The summed E-state index contributed by atoms with van der Waals surface area (Å²) in [5, 5.41) is 7.54. The first-order valence-electron chi connectivity index (χ1n) is 8.18. The summed E-state index contributed by atoms with van der Waals surface area (Å²) in [6.45, 7) is 8.95. The lowest BCUT2D eigenvalue weighted by molar-refractivity contribution is 0.221. The van der Waals surface area contributed by atoms with Gasteiger partial charge >= 0.3 is 5.69 Å². The number of nitrogens with zero attached hydrogens (tertiary/aromatic N) is 5. The monoisotopic (exact) mass is 337 g/mol. The van der Waals surface area contributed by atoms with Gasteiger partial charge in [-0.25, -0.2) is 9.18 Å². The van der Waals surface area contributed by atoms with Crippen molar-refractivity contribution in [3.05, 3.63) is 34.0 Å². The summed E-state index contributed by atoms with van der Waals surface area (Å²) in [5.41, 5.74) is 0.502. The topological polar surface area (TPSA) is 65.2 Å². The molecule has 0 bridgehead atoms. The first-order chi connectivity index (χ1) is 11.5. The number of likely N-dealkylation sites (N-methyl/N-ethyl adjacent to an activating group) is 1. The van der Waals surface area contributed by atoms with Gasteiger partial charge in [-0.2, -0.15) is 9.36 Å². The number of hydrogen-bond acceptors (Lipinski definition) is 5. The summed E-state index contributed by atoms with van der Waals surface area (Å²) in [5.74, 6) is -0.0597. The highest BCUT2D eigenvalue weighted by atomic mass is 19.1. The molecule has 0 aliphatic carbocycles. The Kier molecular flexibility index (Phi) is 6.08. The third kappa shape index (κ3) is 3.81. The number of aryl methyl sites for hydroxylation is 2. The van der Waals surface area contributed by atoms with Gasteiger partial charge in [-0.3, -0.25) is 0 Å². The molecule has 0 aliphatic heterocycles. The first kappa shape index (κ1) is 18.1. The number of tetrazole rings is 1. The molecule has 0 N–H and O–H groups in total. The molecule has 2 aromatic rings. The van der Waals surface area contributed by atoms with E-state index in [-0.39, 0.29) is 5.82 Å². The summed E-state index contributed by atoms with van der Waals surface area (Å²) in [6.07, 6.45) is 0.508. The van der Waals surface area contributed by atoms with Gasteiger partial charge in [0.2, 0.25) is 0 Å². The molecule has 1 aromatic heterocycles. The predicted octanol–water partition coefficient (Wildman–Crippen LogP) is 1.39. The van der Waals surface area contributed by atoms with Gasteiger partial charge in [0.1, 0.15) is 23.9 Å². The van der Waals surface area contributed by atoms with Crippen LogP contribution in [-0.4, -0.2) is 50.9 Å². The van der Waals surface area contributed by atoms with Crippen molar-refractivity contribution in [2.24, 2.45) is 7.05 Å². The molecular formula is C16H24FN5O2. The molecule has 7 nitrogen and oxygen atoms in total. The molecule has 1 aromatic carbocycles. The van der Waals surface area contributed by atoms with Crippen molar-refractivity contribution < 1.29 is 9.13 Å². The van der Waals surface area contributed by atoms with Crippen LogP contribution in [0, 0.1) is 5.82 Å². The number of ether oxygens (including phenoxy) is 1. The maximum Gasteiger partial charge on any atom is 0.368 e. The minimum absolute atomic E-state index is 0.291. The summed E-state index contributed by atoms with van der Waals surface area (Å²) in [7, 11) is 1.51. The molecule has 0 fully saturated rings. The maximum atomic E-state index is 14.2. The number of halogens is 1. The van der Waals surface area contributed by atoms with E-state index in [1.165, 1.54) is 13.1 Å². The zero-order valence-corrected chi connectivity index (χ0v) is 14.6. The SMILES string of the molecule is CCc1cc(-n2nnn(C)c2=O)c(OCCN(CC)CC)cc1F. The summed E-state index contributed by atoms with van der Waals surface area (Å²) in [4.78, 5) is 14.3. The van der Waals surface area contributed by atoms with Crippen molar-refractivity contribution >= 4 is 0 Å². The highest BCUT2D eigenvalue weighted by Gasteiger charge is 2.16. The second-order valence-electron chi connectivity index (χ2n) is 5.44. The van der Waals surface area contributed by atoms with Crippen molar-refractivity contribution in [3.8, 4) is 11.4 Å². The molecule has 0 aliphatic rings. The minimum Gasteiger partial charge on any atom is -0.490 e. The van der Waals surface area contributed by atoms with Crippen LogP contribution < -0.4 is 10.4 Å². The quantitative estimate of drug-likeness (QED) is 0.728. The number of benzene rings is 1. The molecule has 24 heavy (non-hydrogen) atoms. The van der Waals surface area contributed by atoms with Crippen molar-refractivity contribution in [1.82, 2.24) is 24.7 Å². The second-order valence-corrected chi connectivity index (χ2v) is 5.44. The zero-order valence-electron chi connectivity index (χ0n) is 14.6. The fourth-order valence-corrected chi connectivity index (χ4v) is 2.43. The van der Waals surface area contributed by atoms with Crippen LogP contribution in [0.3, 0.4) is 0 Å². The smallest absolute Gasteiger partial charge is 0.368 e. The zero-order chi connectivity index (χ0) is 17.7. The molecular weight excluding hydrogens is 313 g/mol. The molecule has 0 saturated heterocycles. The van der Waals surface area contributed by atoms with Crippen LogP contribution in [0.15, 0.2) is 16.9 Å². The van der Waals surface area contributed by atoms with Gasteiger partial charge in [0.05, 0.1) is 0 Å². The van der Waals surface area contributed by atoms with Crippen LogP contribution in [0.1, 0.15) is 26.3 Å². The lowest BCUT2D eigenvalue weighted by Gasteiger charge is -2.19. The van der Waals surface area contributed by atoms with E-state index in [2.05, 4.69) is 29.2 Å². The Morgan fingerprint density at radius 1 is 1.21 bits per heavy atom. The van der Waals surface area contributed by atoms with Gasteiger partial charge in [0, 0.05) is 19.7 Å². The Morgan fingerprint density at radius 3 is 2.46 bits per heavy atom. The van der Waals surface area contributed by atoms with Crippen LogP contribution in [0.2, 0.25) is 0 Å². The van der Waals surface area contributed by atoms with Crippen LogP contribution in [0.25, 0.3) is 5.69 Å². The van der Waals surface area contributed by atoms with E-state index >= 15 is 0 Å². The molecule has 0 radical (unpaired) electrons. The summed E-state index contributed by atoms with van der Waals surface area (Å²) >= 11 is 0. The standard InChI is InChI=1S/C16H24FN5O2/c1-5-12-10-14(22-16(23)20(4)18-19-22)15(11-13(12)17)24-9-8-21(6-2)7-3/h10-11H,5-9H2,1-4H3. The lowest BCUT2D eigenvalue weighted by Crippen LogP contribution is -2.28. The van der Waals surface area contributed by atoms with Crippen molar-refractivity contribution in [1.29, 1.82) is 0 Å². The van der Waals surface area contributed by atoms with Crippen LogP contribution in [0.4, 0.5) is 4.39 Å². The Labute approximate surface area is 140 Å². The minimum atomic E-state index is -0.405. The largest absolute Gasteiger partial charge is 0.490 e. The Bertz CT molecular complexity index is 737. The third-order valence-corrected chi connectivity index (χ3v) is 4.02. The molecule has 132 valence electrons. The molecule has 0 saturated carbocycles. The van der Waals surface area contributed by atoms with Gasteiger partial charge in [-0.15, -0.1) is 0 Å². The van der Waals surface area contributed by atoms with Crippen molar-refractivity contribution in [3.63, 3.8) is 0 Å². The van der Waals surface area contributed by atoms with E-state index in [1.54, 1.807) is 6.07 Å². The molecule has 0 unspecified atom stereocenters. The lowest BCUT2D eigenvalue weighted by atomic mass is 10.1. The number of aromatic nitrogens is 4. The number of hydrogen-bond donors (Lipinski definition) is 0. The molecule has 8 heteroatoms. The molecule has 0 amide bonds. The molecule has 0 atom stereocenters. The first-order valence-corrected chi connectivity index (χ1v) is 8.18. The van der Waals surface area contributed by atoms with E-state index < -0.39 is 5.69 Å². The van der Waals surface area contributed by atoms with E-state index in [0.717, 1.165) is 29.0 Å². The van der Waals surface area contributed by atoms with Crippen LogP contribution >= 0.6 is 0 Å². The maximum absolute atomic E-state index is 14.2. The Morgan fingerprint density at radius 2 is 1.92 bits per heavy atom. The highest BCUT2D eigenvalue weighted by molar-refractivity contribution is 5.49. The van der Waals surface area contributed by atoms with Gasteiger partial charge in [-0.1, -0.05) is 20.8 Å². The molecule has 1 heterocycles. The van der Waals surface area contributed by atoms with Gasteiger partial charge < -0.3 is 9.64 Å². The Balaban J connectivity index is 2.34. The highest BCUT2D eigenvalue weighted by Crippen LogP contribution is 2.25. The van der Waals surface area contributed by atoms with Gasteiger partial charge in [0.25, 0.3) is 0 Å². The van der Waals surface area contributed by atoms with Gasteiger partial charge in [-0.05, 0) is 41.6 Å². The second kappa shape index (κ2) is 8.05. The van der Waals surface area contributed by atoms with Crippen LogP contribution in [-0.2, 0) is 13.5 Å². The van der Waals surface area contributed by atoms with Crippen LogP contribution in [0.5, 0.6) is 5.75 Å². The van der Waals surface area contributed by atoms with E-state index in [9.17, 15) is 9.18 Å². The normalized spacial score (nSPS) is 11.2.